The predicted molar refractivity (Wildman–Crippen MR) is 98.3 cm³/mol. The molecule has 2 N–H and O–H groups in total. The molecule has 0 saturated carbocycles. The fourth-order valence-electron chi connectivity index (χ4n) is 2.01. The highest BCUT2D eigenvalue weighted by Crippen LogP contribution is 2.36. The van der Waals surface area contributed by atoms with Gasteiger partial charge in [0.2, 0.25) is 0 Å². The Morgan fingerprint density at radius 1 is 1.14 bits per heavy atom. The van der Waals surface area contributed by atoms with Crippen LogP contribution in [-0.2, 0) is 0 Å². The van der Waals surface area contributed by atoms with Crippen molar-refractivity contribution in [2.24, 2.45) is 5.73 Å². The van der Waals surface area contributed by atoms with Gasteiger partial charge in [0.15, 0.2) is 0 Å². The number of halogens is 2. The molecule has 2 nitrogen and oxygen atoms in total. The zero-order valence-corrected chi connectivity index (χ0v) is 15.7. The molecule has 0 atom stereocenters. The van der Waals surface area contributed by atoms with Crippen molar-refractivity contribution >= 4 is 49.1 Å². The Morgan fingerprint density at radius 2 is 1.86 bits per heavy atom. The lowest BCUT2D eigenvalue weighted by molar-refractivity contribution is 0.472. The molecule has 21 heavy (non-hydrogen) atoms. The number of hydrogen-bond acceptors (Lipinski definition) is 2. The zero-order chi connectivity index (χ0) is 15.6. The van der Waals surface area contributed by atoms with Gasteiger partial charge in [-0.3, -0.25) is 0 Å². The molecule has 5 heteroatoms. The van der Waals surface area contributed by atoms with Gasteiger partial charge < -0.3 is 10.5 Å². The largest absolute Gasteiger partial charge is 0.456 e. The molecule has 0 unspecified atom stereocenters. The molecule has 110 valence electrons. The van der Waals surface area contributed by atoms with Gasteiger partial charge in [0, 0.05) is 8.95 Å². The molecule has 0 aliphatic heterocycles. The lowest BCUT2D eigenvalue weighted by atomic mass is 10.0. The van der Waals surface area contributed by atoms with Crippen LogP contribution in [0.4, 0.5) is 0 Å². The van der Waals surface area contributed by atoms with Gasteiger partial charge in [0.05, 0.1) is 5.56 Å². The fourth-order valence-corrected chi connectivity index (χ4v) is 3.29. The van der Waals surface area contributed by atoms with Crippen molar-refractivity contribution in [2.75, 3.05) is 0 Å². The third kappa shape index (κ3) is 3.84. The summed E-state index contributed by atoms with van der Waals surface area (Å²) in [4.78, 5) is 0.306. The Balaban J connectivity index is 2.49. The van der Waals surface area contributed by atoms with E-state index in [1.165, 1.54) is 0 Å². The lowest BCUT2D eigenvalue weighted by Crippen LogP contribution is -2.11. The van der Waals surface area contributed by atoms with Gasteiger partial charge in [-0.2, -0.15) is 0 Å². The van der Waals surface area contributed by atoms with E-state index in [0.29, 0.717) is 22.2 Å². The molecular weight excluding hydrogens is 414 g/mol. The summed E-state index contributed by atoms with van der Waals surface area (Å²) in [7, 11) is 0. The van der Waals surface area contributed by atoms with Crippen LogP contribution in [0.15, 0.2) is 45.3 Å². The van der Waals surface area contributed by atoms with Crippen molar-refractivity contribution in [3.05, 3.63) is 56.5 Å². The average molecular weight is 429 g/mol. The van der Waals surface area contributed by atoms with Crippen molar-refractivity contribution in [3.8, 4) is 11.5 Å². The molecule has 2 aromatic carbocycles. The summed E-state index contributed by atoms with van der Waals surface area (Å²) >= 11 is 12.1. The van der Waals surface area contributed by atoms with Crippen molar-refractivity contribution < 1.29 is 4.74 Å². The normalized spacial score (nSPS) is 10.7. The summed E-state index contributed by atoms with van der Waals surface area (Å²) in [6.45, 7) is 4.26. The van der Waals surface area contributed by atoms with Gasteiger partial charge in [-0.15, -0.1) is 0 Å². The molecule has 0 saturated heterocycles. The zero-order valence-electron chi connectivity index (χ0n) is 11.7. The van der Waals surface area contributed by atoms with E-state index in [1.54, 1.807) is 0 Å². The average Bonchev–Trinajstić information content (AvgIpc) is 2.40. The second-order valence-electron chi connectivity index (χ2n) is 4.92. The van der Waals surface area contributed by atoms with Crippen LogP contribution in [0.2, 0.25) is 0 Å². The summed E-state index contributed by atoms with van der Waals surface area (Å²) in [6, 6.07) is 11.6. The number of rotatable bonds is 4. The first-order valence-corrected chi connectivity index (χ1v) is 8.45. The van der Waals surface area contributed by atoms with Crippen molar-refractivity contribution in [3.63, 3.8) is 0 Å². The highest BCUT2D eigenvalue weighted by Gasteiger charge is 2.14. The molecule has 2 rings (SSSR count). The Labute approximate surface area is 146 Å². The quantitative estimate of drug-likeness (QED) is 0.628. The molecule has 0 spiro atoms. The third-order valence-corrected chi connectivity index (χ3v) is 4.39. The summed E-state index contributed by atoms with van der Waals surface area (Å²) < 4.78 is 7.94. The monoisotopic (exact) mass is 427 g/mol. The minimum Gasteiger partial charge on any atom is -0.456 e. The van der Waals surface area contributed by atoms with Gasteiger partial charge in [0.1, 0.15) is 16.5 Å². The van der Waals surface area contributed by atoms with E-state index < -0.39 is 0 Å². The van der Waals surface area contributed by atoms with E-state index in [1.807, 2.05) is 30.3 Å². The van der Waals surface area contributed by atoms with Gasteiger partial charge >= 0.3 is 0 Å². The molecular formula is C16H15Br2NOS. The molecule has 0 aliphatic carbocycles. The van der Waals surface area contributed by atoms with Crippen LogP contribution >= 0.6 is 44.1 Å². The Kier molecular flexibility index (Phi) is 5.41. The van der Waals surface area contributed by atoms with Gasteiger partial charge in [0.25, 0.3) is 0 Å². The van der Waals surface area contributed by atoms with Crippen molar-refractivity contribution in [1.29, 1.82) is 0 Å². The smallest absolute Gasteiger partial charge is 0.138 e. The van der Waals surface area contributed by atoms with E-state index in [2.05, 4.69) is 51.8 Å². The van der Waals surface area contributed by atoms with Crippen molar-refractivity contribution in [1.82, 2.24) is 0 Å². The standard InChI is InChI=1S/C16H15Br2NOS/c1-9(2)11-8-10(17)6-7-13(11)20-14-5-3-4-12(18)15(14)16(19)21/h3-9H,1-2H3,(H2,19,21). The van der Waals surface area contributed by atoms with Crippen LogP contribution in [0.25, 0.3) is 0 Å². The second-order valence-corrected chi connectivity index (χ2v) is 7.13. The third-order valence-electron chi connectivity index (χ3n) is 3.04. The molecule has 0 aliphatic rings. The first kappa shape index (κ1) is 16.5. The summed E-state index contributed by atoms with van der Waals surface area (Å²) in [5.41, 5.74) is 7.64. The maximum atomic E-state index is 6.08. The molecule has 0 radical (unpaired) electrons. The topological polar surface area (TPSA) is 35.2 Å². The summed E-state index contributed by atoms with van der Waals surface area (Å²) in [6.07, 6.45) is 0. The first-order chi connectivity index (χ1) is 9.90. The maximum absolute atomic E-state index is 6.08. The second kappa shape index (κ2) is 6.90. The van der Waals surface area contributed by atoms with Gasteiger partial charge in [-0.1, -0.05) is 48.1 Å². The van der Waals surface area contributed by atoms with E-state index in [9.17, 15) is 0 Å². The van der Waals surface area contributed by atoms with Crippen LogP contribution < -0.4 is 10.5 Å². The van der Waals surface area contributed by atoms with Gasteiger partial charge in [-0.25, -0.2) is 0 Å². The highest BCUT2D eigenvalue weighted by atomic mass is 79.9. The number of benzene rings is 2. The van der Waals surface area contributed by atoms with Crippen LogP contribution in [0.1, 0.15) is 30.9 Å². The Hall–Kier alpha value is -0.910. The SMILES string of the molecule is CC(C)c1cc(Br)ccc1Oc1cccc(Br)c1C(N)=S. The molecule has 0 heterocycles. The summed E-state index contributed by atoms with van der Waals surface area (Å²) in [5, 5.41) is 0. The highest BCUT2D eigenvalue weighted by molar-refractivity contribution is 9.10. The molecule has 0 amide bonds. The van der Waals surface area contributed by atoms with E-state index >= 15 is 0 Å². The predicted octanol–water partition coefficient (Wildman–Crippen LogP) is 5.76. The van der Waals surface area contributed by atoms with Crippen LogP contribution in [0, 0.1) is 0 Å². The minimum absolute atomic E-state index is 0.306. The molecule has 2 aromatic rings. The molecule has 0 aromatic heterocycles. The van der Waals surface area contributed by atoms with E-state index in [-0.39, 0.29) is 0 Å². The van der Waals surface area contributed by atoms with Crippen LogP contribution in [0.5, 0.6) is 11.5 Å². The Bertz CT molecular complexity index is 686. The maximum Gasteiger partial charge on any atom is 0.138 e. The fraction of sp³-hybridized carbons (Fsp3) is 0.188. The van der Waals surface area contributed by atoms with Crippen LogP contribution in [0.3, 0.4) is 0 Å². The number of nitrogens with two attached hydrogens (primary N) is 1. The number of ether oxygens (including phenoxy) is 1. The molecule has 0 bridgehead atoms. The van der Waals surface area contributed by atoms with E-state index in [0.717, 1.165) is 20.3 Å². The first-order valence-electron chi connectivity index (χ1n) is 6.45. The Morgan fingerprint density at radius 3 is 2.48 bits per heavy atom. The van der Waals surface area contributed by atoms with Crippen LogP contribution in [-0.4, -0.2) is 4.99 Å². The number of hydrogen-bond donors (Lipinski definition) is 1. The van der Waals surface area contributed by atoms with E-state index in [4.69, 9.17) is 22.7 Å². The van der Waals surface area contributed by atoms with Crippen molar-refractivity contribution in [2.45, 2.75) is 19.8 Å². The van der Waals surface area contributed by atoms with Gasteiger partial charge in [-0.05, 0) is 57.7 Å². The number of thiocarbonyl (C=S) groups is 1. The molecule has 0 fully saturated rings. The summed E-state index contributed by atoms with van der Waals surface area (Å²) in [5.74, 6) is 1.81. The minimum atomic E-state index is 0.306. The lowest BCUT2D eigenvalue weighted by Gasteiger charge is -2.16.